The van der Waals surface area contributed by atoms with Crippen LogP contribution in [0.5, 0.6) is 5.75 Å². The third-order valence-corrected chi connectivity index (χ3v) is 6.20. The van der Waals surface area contributed by atoms with Crippen LogP contribution in [0.3, 0.4) is 0 Å². The number of ether oxygens (including phenoxy) is 1. The molecule has 0 saturated carbocycles. The average molecular weight is 429 g/mol. The molecule has 4 nitrogen and oxygen atoms in total. The lowest BCUT2D eigenvalue weighted by molar-refractivity contribution is 0.0538. The third kappa shape index (κ3) is 4.64. The highest BCUT2D eigenvalue weighted by Gasteiger charge is 2.42. The maximum Gasteiger partial charge on any atom is 0.258 e. The molecule has 166 valence electrons. The first-order chi connectivity index (χ1) is 15.6. The molecule has 1 unspecified atom stereocenters. The number of anilines is 1. The van der Waals surface area contributed by atoms with E-state index in [1.165, 1.54) is 12.0 Å². The number of hydrogen-bond donors (Lipinski definition) is 1. The Hall–Kier alpha value is -3.27. The smallest absolute Gasteiger partial charge is 0.258 e. The molecule has 3 aromatic carbocycles. The van der Waals surface area contributed by atoms with Crippen molar-refractivity contribution in [3.63, 3.8) is 0 Å². The van der Waals surface area contributed by atoms with Crippen molar-refractivity contribution in [1.82, 2.24) is 4.90 Å². The normalized spacial score (nSPS) is 17.6. The van der Waals surface area contributed by atoms with Crippen LogP contribution in [0, 0.1) is 0 Å². The molecule has 32 heavy (non-hydrogen) atoms. The SMILES string of the molecule is CCCCCOc1cccc(C2(C)Nc3ccccc3C(=O)N2CCc2ccccc2)c1. The standard InChI is InChI=1S/C28H32N2O2/c1-3-4-10-20-32-24-15-11-14-23(21-24)28(2)29-26-17-9-8-16-25(26)27(31)30(28)19-18-22-12-6-5-7-13-22/h5-9,11-17,21,29H,3-4,10,18-20H2,1-2H3. The van der Waals surface area contributed by atoms with Gasteiger partial charge in [0.25, 0.3) is 5.91 Å². The van der Waals surface area contributed by atoms with Crippen LogP contribution < -0.4 is 10.1 Å². The van der Waals surface area contributed by atoms with Crippen molar-refractivity contribution in [3.8, 4) is 5.75 Å². The monoisotopic (exact) mass is 428 g/mol. The highest BCUT2D eigenvalue weighted by atomic mass is 16.5. The molecule has 0 fully saturated rings. The highest BCUT2D eigenvalue weighted by Crippen LogP contribution is 2.38. The largest absolute Gasteiger partial charge is 0.494 e. The van der Waals surface area contributed by atoms with E-state index in [0.717, 1.165) is 36.3 Å². The summed E-state index contributed by atoms with van der Waals surface area (Å²) in [7, 11) is 0. The first-order valence-electron chi connectivity index (χ1n) is 11.6. The number of nitrogens with one attached hydrogen (secondary N) is 1. The van der Waals surface area contributed by atoms with Gasteiger partial charge in [0.05, 0.1) is 12.2 Å². The fourth-order valence-electron chi connectivity index (χ4n) is 4.33. The Labute approximate surface area is 191 Å². The molecule has 1 aliphatic rings. The first-order valence-corrected chi connectivity index (χ1v) is 11.6. The topological polar surface area (TPSA) is 41.6 Å². The zero-order chi connectivity index (χ0) is 22.4. The summed E-state index contributed by atoms with van der Waals surface area (Å²) in [5.74, 6) is 0.892. The van der Waals surface area contributed by atoms with Gasteiger partial charge in [0.2, 0.25) is 0 Å². The summed E-state index contributed by atoms with van der Waals surface area (Å²) in [5.41, 5.74) is 3.13. The van der Waals surface area contributed by atoms with Gasteiger partial charge >= 0.3 is 0 Å². The zero-order valence-corrected chi connectivity index (χ0v) is 19.0. The second-order valence-corrected chi connectivity index (χ2v) is 8.52. The van der Waals surface area contributed by atoms with Crippen molar-refractivity contribution >= 4 is 11.6 Å². The summed E-state index contributed by atoms with van der Waals surface area (Å²) >= 11 is 0. The zero-order valence-electron chi connectivity index (χ0n) is 19.0. The number of para-hydroxylation sites is 1. The molecule has 0 radical (unpaired) electrons. The lowest BCUT2D eigenvalue weighted by Gasteiger charge is -2.47. The van der Waals surface area contributed by atoms with Crippen molar-refractivity contribution in [2.45, 2.75) is 45.2 Å². The molecular weight excluding hydrogens is 396 g/mol. The van der Waals surface area contributed by atoms with Gasteiger partial charge in [0.15, 0.2) is 0 Å². The second-order valence-electron chi connectivity index (χ2n) is 8.52. The molecule has 1 aliphatic heterocycles. The van der Waals surface area contributed by atoms with E-state index in [-0.39, 0.29) is 5.91 Å². The minimum Gasteiger partial charge on any atom is -0.494 e. The van der Waals surface area contributed by atoms with E-state index in [9.17, 15) is 4.79 Å². The predicted molar refractivity (Wildman–Crippen MR) is 130 cm³/mol. The van der Waals surface area contributed by atoms with Gasteiger partial charge in [-0.2, -0.15) is 0 Å². The Morgan fingerprint density at radius 2 is 1.72 bits per heavy atom. The van der Waals surface area contributed by atoms with Gasteiger partial charge in [0.1, 0.15) is 11.4 Å². The van der Waals surface area contributed by atoms with E-state index in [1.54, 1.807) is 0 Å². The Morgan fingerprint density at radius 1 is 0.938 bits per heavy atom. The number of benzene rings is 3. The molecule has 1 heterocycles. The van der Waals surface area contributed by atoms with Crippen molar-refractivity contribution in [1.29, 1.82) is 0 Å². The van der Waals surface area contributed by atoms with Gasteiger partial charge in [-0.05, 0) is 49.6 Å². The summed E-state index contributed by atoms with van der Waals surface area (Å²) in [5, 5.41) is 3.66. The lowest BCUT2D eigenvalue weighted by atomic mass is 9.93. The highest BCUT2D eigenvalue weighted by molar-refractivity contribution is 6.02. The molecule has 0 spiro atoms. The summed E-state index contributed by atoms with van der Waals surface area (Å²) in [6.07, 6.45) is 4.17. The first kappa shape index (κ1) is 21.9. The maximum absolute atomic E-state index is 13.6. The van der Waals surface area contributed by atoms with E-state index in [2.05, 4.69) is 43.4 Å². The molecule has 0 saturated heterocycles. The number of carbonyl (C=O) groups excluding carboxylic acids is 1. The summed E-state index contributed by atoms with van der Waals surface area (Å²) < 4.78 is 6.01. The van der Waals surface area contributed by atoms with Crippen LogP contribution in [0.15, 0.2) is 78.9 Å². The molecule has 3 aromatic rings. The second kappa shape index (κ2) is 9.90. The van der Waals surface area contributed by atoms with Crippen LogP contribution in [-0.2, 0) is 12.1 Å². The molecular formula is C28H32N2O2. The number of nitrogens with zero attached hydrogens (tertiary/aromatic N) is 1. The minimum atomic E-state index is -0.678. The van der Waals surface area contributed by atoms with Crippen LogP contribution in [0.4, 0.5) is 5.69 Å². The number of amides is 1. The van der Waals surface area contributed by atoms with E-state index in [0.29, 0.717) is 18.7 Å². The molecule has 4 heteroatoms. The van der Waals surface area contributed by atoms with Crippen LogP contribution in [0.2, 0.25) is 0 Å². The van der Waals surface area contributed by atoms with Gasteiger partial charge in [-0.1, -0.05) is 74.4 Å². The van der Waals surface area contributed by atoms with Gasteiger partial charge < -0.3 is 15.0 Å². The van der Waals surface area contributed by atoms with Crippen molar-refractivity contribution in [3.05, 3.63) is 95.6 Å². The molecule has 1 amide bonds. The maximum atomic E-state index is 13.6. The third-order valence-electron chi connectivity index (χ3n) is 6.20. The molecule has 1 N–H and O–H groups in total. The molecule has 0 aliphatic carbocycles. The molecule has 1 atom stereocenters. The van der Waals surface area contributed by atoms with E-state index in [1.807, 2.05) is 59.5 Å². The minimum absolute atomic E-state index is 0.0482. The Morgan fingerprint density at radius 3 is 2.53 bits per heavy atom. The fraction of sp³-hybridized carbons (Fsp3) is 0.321. The van der Waals surface area contributed by atoms with Crippen LogP contribution >= 0.6 is 0 Å². The van der Waals surface area contributed by atoms with Gasteiger partial charge in [-0.15, -0.1) is 0 Å². The number of unbranched alkanes of at least 4 members (excludes halogenated alkanes) is 2. The van der Waals surface area contributed by atoms with Crippen molar-refractivity contribution in [2.75, 3.05) is 18.5 Å². The number of rotatable bonds is 9. The average Bonchev–Trinajstić information content (AvgIpc) is 2.82. The number of hydrogen-bond acceptors (Lipinski definition) is 3. The molecule has 4 rings (SSSR count). The van der Waals surface area contributed by atoms with Crippen LogP contribution in [0.25, 0.3) is 0 Å². The Balaban J connectivity index is 1.64. The quantitative estimate of drug-likeness (QED) is 0.410. The van der Waals surface area contributed by atoms with Gasteiger partial charge in [0, 0.05) is 17.8 Å². The van der Waals surface area contributed by atoms with Crippen molar-refractivity contribution < 1.29 is 9.53 Å². The Bertz CT molecular complexity index is 1050. The summed E-state index contributed by atoms with van der Waals surface area (Å²) in [6, 6.07) is 26.2. The predicted octanol–water partition coefficient (Wildman–Crippen LogP) is 6.24. The van der Waals surface area contributed by atoms with E-state index < -0.39 is 5.66 Å². The van der Waals surface area contributed by atoms with Crippen LogP contribution in [0.1, 0.15) is 54.6 Å². The van der Waals surface area contributed by atoms with E-state index >= 15 is 0 Å². The fourth-order valence-corrected chi connectivity index (χ4v) is 4.33. The summed E-state index contributed by atoms with van der Waals surface area (Å²) in [6.45, 7) is 5.60. The number of carbonyl (C=O) groups is 1. The van der Waals surface area contributed by atoms with Gasteiger partial charge in [-0.25, -0.2) is 0 Å². The molecule has 0 bridgehead atoms. The van der Waals surface area contributed by atoms with E-state index in [4.69, 9.17) is 4.74 Å². The summed E-state index contributed by atoms with van der Waals surface area (Å²) in [4.78, 5) is 15.6. The molecule has 0 aromatic heterocycles. The van der Waals surface area contributed by atoms with Gasteiger partial charge in [-0.3, -0.25) is 4.79 Å². The number of fused-ring (bicyclic) bond motifs is 1. The van der Waals surface area contributed by atoms with Crippen molar-refractivity contribution in [2.24, 2.45) is 0 Å². The Kier molecular flexibility index (Phi) is 6.79. The lowest BCUT2D eigenvalue weighted by Crippen LogP contribution is -2.56. The van der Waals surface area contributed by atoms with Crippen LogP contribution in [-0.4, -0.2) is 24.0 Å².